The first-order valence-electron chi connectivity index (χ1n) is 5.98. The molecule has 1 aromatic rings. The third kappa shape index (κ3) is 3.48. The summed E-state index contributed by atoms with van der Waals surface area (Å²) in [4.78, 5) is 12.1. The molecule has 0 atom stereocenters. The second-order valence-corrected chi connectivity index (χ2v) is 5.35. The third-order valence-corrected chi connectivity index (χ3v) is 2.87. The molecule has 0 spiro atoms. The zero-order chi connectivity index (χ0) is 13.1. The number of benzene rings is 1. The summed E-state index contributed by atoms with van der Waals surface area (Å²) in [6.45, 7) is 8.71. The Morgan fingerprint density at radius 1 is 1.29 bits per heavy atom. The van der Waals surface area contributed by atoms with E-state index in [2.05, 4.69) is 19.2 Å². The lowest BCUT2D eigenvalue weighted by Gasteiger charge is -2.24. The molecule has 3 N–H and O–H groups in total. The molecule has 0 saturated carbocycles. The van der Waals surface area contributed by atoms with Crippen molar-refractivity contribution in [1.82, 2.24) is 5.32 Å². The Bertz CT molecular complexity index is 380. The molecule has 0 heterocycles. The van der Waals surface area contributed by atoms with Crippen LogP contribution in [0.5, 0.6) is 0 Å². The number of nitrogen functional groups attached to an aromatic ring is 1. The van der Waals surface area contributed by atoms with Crippen LogP contribution in [0.1, 0.15) is 33.3 Å². The van der Waals surface area contributed by atoms with Gasteiger partial charge in [0.05, 0.1) is 5.41 Å². The van der Waals surface area contributed by atoms with Gasteiger partial charge in [-0.3, -0.25) is 4.79 Å². The van der Waals surface area contributed by atoms with Gasteiger partial charge >= 0.3 is 0 Å². The Kier molecular flexibility index (Phi) is 4.16. The van der Waals surface area contributed by atoms with Gasteiger partial charge < -0.3 is 11.1 Å². The van der Waals surface area contributed by atoms with Crippen molar-refractivity contribution in [1.29, 1.82) is 0 Å². The van der Waals surface area contributed by atoms with Crippen LogP contribution in [0, 0.1) is 5.92 Å². The van der Waals surface area contributed by atoms with Crippen molar-refractivity contribution in [3.8, 4) is 0 Å². The number of nitrogens with two attached hydrogens (primary N) is 1. The summed E-state index contributed by atoms with van der Waals surface area (Å²) in [5.74, 6) is 0.511. The van der Waals surface area contributed by atoms with Crippen molar-refractivity contribution in [2.75, 3.05) is 12.3 Å². The summed E-state index contributed by atoms with van der Waals surface area (Å²) in [5.41, 5.74) is 6.81. The summed E-state index contributed by atoms with van der Waals surface area (Å²) >= 11 is 0. The SMILES string of the molecule is CC(C)CNC(=O)C(C)(C)c1ccc(N)cc1. The minimum absolute atomic E-state index is 0.0518. The summed E-state index contributed by atoms with van der Waals surface area (Å²) in [7, 11) is 0. The summed E-state index contributed by atoms with van der Waals surface area (Å²) in [6, 6.07) is 7.47. The fraction of sp³-hybridized carbons (Fsp3) is 0.500. The molecule has 0 radical (unpaired) electrons. The van der Waals surface area contributed by atoms with Crippen molar-refractivity contribution in [3.05, 3.63) is 29.8 Å². The topological polar surface area (TPSA) is 55.1 Å². The normalized spacial score (nSPS) is 11.6. The molecule has 3 heteroatoms. The number of hydrogen-bond acceptors (Lipinski definition) is 2. The second kappa shape index (κ2) is 5.21. The monoisotopic (exact) mass is 234 g/mol. The van der Waals surface area contributed by atoms with E-state index in [-0.39, 0.29) is 5.91 Å². The van der Waals surface area contributed by atoms with Crippen LogP contribution < -0.4 is 11.1 Å². The fourth-order valence-electron chi connectivity index (χ4n) is 1.55. The van der Waals surface area contributed by atoms with Gasteiger partial charge in [-0.15, -0.1) is 0 Å². The number of carbonyl (C=O) groups is 1. The Labute approximate surface area is 103 Å². The summed E-state index contributed by atoms with van der Waals surface area (Å²) in [5, 5.41) is 2.97. The molecule has 0 aliphatic rings. The highest BCUT2D eigenvalue weighted by molar-refractivity contribution is 5.87. The first-order chi connectivity index (χ1) is 7.84. The molecular formula is C14H22N2O. The van der Waals surface area contributed by atoms with E-state index in [0.717, 1.165) is 5.56 Å². The van der Waals surface area contributed by atoms with Gasteiger partial charge in [-0.05, 0) is 37.5 Å². The van der Waals surface area contributed by atoms with Crippen LogP contribution in [-0.2, 0) is 10.2 Å². The number of hydrogen-bond donors (Lipinski definition) is 2. The minimum atomic E-state index is -0.525. The molecule has 0 fully saturated rings. The molecule has 0 bridgehead atoms. The van der Waals surface area contributed by atoms with E-state index >= 15 is 0 Å². The summed E-state index contributed by atoms with van der Waals surface area (Å²) in [6.07, 6.45) is 0. The maximum atomic E-state index is 12.1. The van der Waals surface area contributed by atoms with Crippen molar-refractivity contribution < 1.29 is 4.79 Å². The molecule has 1 amide bonds. The Hall–Kier alpha value is -1.51. The molecule has 0 unspecified atom stereocenters. The van der Waals surface area contributed by atoms with Crippen LogP contribution in [0.4, 0.5) is 5.69 Å². The molecular weight excluding hydrogens is 212 g/mol. The van der Waals surface area contributed by atoms with Crippen molar-refractivity contribution in [2.24, 2.45) is 5.92 Å². The van der Waals surface area contributed by atoms with Crippen LogP contribution >= 0.6 is 0 Å². The quantitative estimate of drug-likeness (QED) is 0.785. The van der Waals surface area contributed by atoms with Crippen LogP contribution in [0.25, 0.3) is 0 Å². The zero-order valence-electron chi connectivity index (χ0n) is 11.1. The van der Waals surface area contributed by atoms with E-state index in [1.807, 2.05) is 38.1 Å². The number of anilines is 1. The highest BCUT2D eigenvalue weighted by atomic mass is 16.2. The first kappa shape index (κ1) is 13.6. The average Bonchev–Trinajstić information content (AvgIpc) is 2.26. The maximum absolute atomic E-state index is 12.1. The lowest BCUT2D eigenvalue weighted by molar-refractivity contribution is -0.125. The van der Waals surface area contributed by atoms with Gasteiger partial charge in [-0.2, -0.15) is 0 Å². The molecule has 3 nitrogen and oxygen atoms in total. The zero-order valence-corrected chi connectivity index (χ0v) is 11.1. The van der Waals surface area contributed by atoms with Crippen molar-refractivity contribution >= 4 is 11.6 Å². The van der Waals surface area contributed by atoms with Crippen LogP contribution in [0.2, 0.25) is 0 Å². The van der Waals surface area contributed by atoms with Gasteiger partial charge in [-0.1, -0.05) is 26.0 Å². The highest BCUT2D eigenvalue weighted by Gasteiger charge is 2.29. The molecule has 1 rings (SSSR count). The van der Waals surface area contributed by atoms with E-state index in [9.17, 15) is 4.79 Å². The molecule has 0 aliphatic carbocycles. The minimum Gasteiger partial charge on any atom is -0.399 e. The molecule has 0 saturated heterocycles. The molecule has 1 aromatic carbocycles. The molecule has 94 valence electrons. The lowest BCUT2D eigenvalue weighted by atomic mass is 9.83. The van der Waals surface area contributed by atoms with Gasteiger partial charge in [-0.25, -0.2) is 0 Å². The number of rotatable bonds is 4. The Morgan fingerprint density at radius 2 is 1.82 bits per heavy atom. The number of nitrogens with one attached hydrogen (secondary N) is 1. The maximum Gasteiger partial charge on any atom is 0.230 e. The Balaban J connectivity index is 2.79. The highest BCUT2D eigenvalue weighted by Crippen LogP contribution is 2.24. The smallest absolute Gasteiger partial charge is 0.230 e. The predicted octanol–water partition coefficient (Wildman–Crippen LogP) is 2.32. The van der Waals surface area contributed by atoms with E-state index in [4.69, 9.17) is 5.73 Å². The molecule has 0 aliphatic heterocycles. The fourth-order valence-corrected chi connectivity index (χ4v) is 1.55. The third-order valence-electron chi connectivity index (χ3n) is 2.87. The molecule has 0 aromatic heterocycles. The van der Waals surface area contributed by atoms with Crippen molar-refractivity contribution in [2.45, 2.75) is 33.1 Å². The predicted molar refractivity (Wildman–Crippen MR) is 71.7 cm³/mol. The molecule has 17 heavy (non-hydrogen) atoms. The van der Waals surface area contributed by atoms with Crippen LogP contribution in [0.15, 0.2) is 24.3 Å². The average molecular weight is 234 g/mol. The number of carbonyl (C=O) groups excluding carboxylic acids is 1. The van der Waals surface area contributed by atoms with Gasteiger partial charge in [0.25, 0.3) is 0 Å². The largest absolute Gasteiger partial charge is 0.399 e. The second-order valence-electron chi connectivity index (χ2n) is 5.35. The summed E-state index contributed by atoms with van der Waals surface area (Å²) < 4.78 is 0. The lowest BCUT2D eigenvalue weighted by Crippen LogP contribution is -2.41. The Morgan fingerprint density at radius 3 is 2.29 bits per heavy atom. The van der Waals surface area contributed by atoms with Gasteiger partial charge in [0.1, 0.15) is 0 Å². The van der Waals surface area contributed by atoms with Gasteiger partial charge in [0.2, 0.25) is 5.91 Å². The number of amides is 1. The van der Waals surface area contributed by atoms with E-state index in [1.165, 1.54) is 0 Å². The van der Waals surface area contributed by atoms with Crippen LogP contribution in [-0.4, -0.2) is 12.5 Å². The van der Waals surface area contributed by atoms with Crippen LogP contribution in [0.3, 0.4) is 0 Å². The van der Waals surface area contributed by atoms with E-state index in [0.29, 0.717) is 18.2 Å². The van der Waals surface area contributed by atoms with E-state index in [1.54, 1.807) is 0 Å². The van der Waals surface area contributed by atoms with E-state index < -0.39 is 5.41 Å². The van der Waals surface area contributed by atoms with Gasteiger partial charge in [0.15, 0.2) is 0 Å². The first-order valence-corrected chi connectivity index (χ1v) is 5.98. The van der Waals surface area contributed by atoms with Gasteiger partial charge in [0, 0.05) is 12.2 Å². The standard InChI is InChI=1S/C14H22N2O/c1-10(2)9-16-13(17)14(3,4)11-5-7-12(15)8-6-11/h5-8,10H,9,15H2,1-4H3,(H,16,17). The van der Waals surface area contributed by atoms with Crippen molar-refractivity contribution in [3.63, 3.8) is 0 Å².